The summed E-state index contributed by atoms with van der Waals surface area (Å²) in [6, 6.07) is 0. The van der Waals surface area contributed by atoms with Crippen LogP contribution in [0.5, 0.6) is 0 Å². The molecule has 1 aliphatic heterocycles. The molecule has 21 heavy (non-hydrogen) atoms. The maximum atomic E-state index is 9.03. The van der Waals surface area contributed by atoms with Crippen LogP contribution in [0.3, 0.4) is 0 Å². The minimum Gasteiger partial charge on any atom is -0.395 e. The van der Waals surface area contributed by atoms with Crippen LogP contribution in [-0.2, 0) is 0 Å². The van der Waals surface area contributed by atoms with Crippen molar-refractivity contribution in [3.8, 4) is 0 Å². The zero-order valence-corrected chi connectivity index (χ0v) is 13.6. The molecule has 0 amide bonds. The third-order valence-electron chi connectivity index (χ3n) is 3.98. The number of hydrogen-bond donors (Lipinski definition) is 2. The second-order valence-corrected chi connectivity index (χ2v) is 5.84. The van der Waals surface area contributed by atoms with Crippen LogP contribution in [0.25, 0.3) is 0 Å². The summed E-state index contributed by atoms with van der Waals surface area (Å²) in [4.78, 5) is 14.0. The van der Waals surface area contributed by atoms with Crippen LogP contribution in [0, 0.1) is 6.92 Å². The first-order valence-electron chi connectivity index (χ1n) is 7.71. The van der Waals surface area contributed by atoms with Crippen molar-refractivity contribution in [3.63, 3.8) is 0 Å². The molecule has 6 heteroatoms. The number of piperazine rings is 1. The van der Waals surface area contributed by atoms with Gasteiger partial charge in [-0.3, -0.25) is 4.90 Å². The fourth-order valence-electron chi connectivity index (χ4n) is 2.66. The van der Waals surface area contributed by atoms with Crippen molar-refractivity contribution in [1.29, 1.82) is 0 Å². The van der Waals surface area contributed by atoms with Gasteiger partial charge in [0.1, 0.15) is 17.5 Å². The molecule has 0 bridgehead atoms. The minimum absolute atomic E-state index is 0.230. The van der Waals surface area contributed by atoms with E-state index in [-0.39, 0.29) is 6.61 Å². The van der Waals surface area contributed by atoms with E-state index in [1.165, 1.54) is 0 Å². The Morgan fingerprint density at radius 1 is 1.19 bits per heavy atom. The Bertz CT molecular complexity index is 469. The van der Waals surface area contributed by atoms with Gasteiger partial charge in [0.15, 0.2) is 0 Å². The number of rotatable bonds is 5. The van der Waals surface area contributed by atoms with Gasteiger partial charge in [0.2, 0.25) is 0 Å². The summed E-state index contributed by atoms with van der Waals surface area (Å²) >= 11 is 0. The Labute approximate surface area is 127 Å². The Hall–Kier alpha value is -1.40. The van der Waals surface area contributed by atoms with Gasteiger partial charge in [0, 0.05) is 51.3 Å². The van der Waals surface area contributed by atoms with Gasteiger partial charge in [0.25, 0.3) is 0 Å². The van der Waals surface area contributed by atoms with E-state index in [9.17, 15) is 0 Å². The Kier molecular flexibility index (Phi) is 5.36. The van der Waals surface area contributed by atoms with E-state index in [0.29, 0.717) is 5.92 Å². The first-order chi connectivity index (χ1) is 10.1. The van der Waals surface area contributed by atoms with E-state index in [1.54, 1.807) is 0 Å². The highest BCUT2D eigenvalue weighted by molar-refractivity contribution is 5.58. The van der Waals surface area contributed by atoms with Crippen LogP contribution in [-0.4, -0.2) is 66.4 Å². The number of nitrogens with one attached hydrogen (secondary N) is 1. The lowest BCUT2D eigenvalue weighted by molar-refractivity contribution is 0.188. The molecule has 1 aliphatic rings. The fraction of sp³-hybridized carbons (Fsp3) is 0.733. The summed E-state index contributed by atoms with van der Waals surface area (Å²) in [6.45, 7) is 11.1. The van der Waals surface area contributed by atoms with E-state index < -0.39 is 0 Å². The first kappa shape index (κ1) is 16.0. The number of anilines is 2. The molecule has 0 saturated carbocycles. The van der Waals surface area contributed by atoms with Crippen molar-refractivity contribution in [1.82, 2.24) is 14.9 Å². The predicted octanol–water partition coefficient (Wildman–Crippen LogP) is 1.06. The number of hydrogen-bond acceptors (Lipinski definition) is 6. The van der Waals surface area contributed by atoms with Crippen LogP contribution in [0.1, 0.15) is 31.2 Å². The largest absolute Gasteiger partial charge is 0.395 e. The van der Waals surface area contributed by atoms with Gasteiger partial charge in [0.05, 0.1) is 6.61 Å². The van der Waals surface area contributed by atoms with Crippen LogP contribution in [0.15, 0.2) is 0 Å². The van der Waals surface area contributed by atoms with Gasteiger partial charge in [-0.2, -0.15) is 0 Å². The number of aliphatic hydroxyl groups is 1. The molecule has 1 aromatic heterocycles. The average Bonchev–Trinajstić information content (AvgIpc) is 2.48. The Balaban J connectivity index is 2.21. The highest BCUT2D eigenvalue weighted by atomic mass is 16.3. The summed E-state index contributed by atoms with van der Waals surface area (Å²) in [5.41, 5.74) is 1.11. The van der Waals surface area contributed by atoms with Gasteiger partial charge in [-0.1, -0.05) is 13.8 Å². The second kappa shape index (κ2) is 7.04. The van der Waals surface area contributed by atoms with E-state index in [0.717, 1.165) is 55.7 Å². The molecule has 2 heterocycles. The highest BCUT2D eigenvalue weighted by Gasteiger charge is 2.21. The molecule has 1 fully saturated rings. The molecule has 1 saturated heterocycles. The van der Waals surface area contributed by atoms with Crippen molar-refractivity contribution < 1.29 is 5.11 Å². The van der Waals surface area contributed by atoms with Crippen molar-refractivity contribution >= 4 is 11.6 Å². The average molecular weight is 293 g/mol. The number of aliphatic hydroxyl groups excluding tert-OH is 1. The standard InChI is InChI=1S/C15H27N5O/c1-11(2)13-17-14(16-4)12(3)15(18-13)20-7-5-19(6-8-20)9-10-21/h11,21H,5-10H2,1-4H3,(H,16,17,18). The molecule has 0 atom stereocenters. The van der Waals surface area contributed by atoms with Crippen molar-refractivity contribution in [2.45, 2.75) is 26.7 Å². The van der Waals surface area contributed by atoms with Gasteiger partial charge in [-0.15, -0.1) is 0 Å². The van der Waals surface area contributed by atoms with E-state index in [2.05, 4.69) is 40.9 Å². The Morgan fingerprint density at radius 2 is 1.86 bits per heavy atom. The Morgan fingerprint density at radius 3 is 2.38 bits per heavy atom. The molecule has 1 aromatic rings. The van der Waals surface area contributed by atoms with Crippen molar-refractivity contribution in [2.75, 3.05) is 56.6 Å². The summed E-state index contributed by atoms with van der Waals surface area (Å²) < 4.78 is 0. The summed E-state index contributed by atoms with van der Waals surface area (Å²) in [6.07, 6.45) is 0. The summed E-state index contributed by atoms with van der Waals surface area (Å²) in [5.74, 6) is 3.16. The van der Waals surface area contributed by atoms with Gasteiger partial charge in [-0.05, 0) is 6.92 Å². The topological polar surface area (TPSA) is 64.5 Å². The lowest BCUT2D eigenvalue weighted by Crippen LogP contribution is -2.47. The molecule has 0 aliphatic carbocycles. The summed E-state index contributed by atoms with van der Waals surface area (Å²) in [5, 5.41) is 12.2. The van der Waals surface area contributed by atoms with Crippen molar-refractivity contribution in [2.24, 2.45) is 0 Å². The van der Waals surface area contributed by atoms with Crippen LogP contribution in [0.2, 0.25) is 0 Å². The fourth-order valence-corrected chi connectivity index (χ4v) is 2.66. The molecular weight excluding hydrogens is 266 g/mol. The van der Waals surface area contributed by atoms with Gasteiger partial charge < -0.3 is 15.3 Å². The zero-order chi connectivity index (χ0) is 15.4. The minimum atomic E-state index is 0.230. The molecule has 0 radical (unpaired) electrons. The molecular formula is C15H27N5O. The number of β-amino-alcohol motifs (C(OH)–C–C–N with tert-alkyl or cyclic N) is 1. The van der Waals surface area contributed by atoms with E-state index in [4.69, 9.17) is 10.1 Å². The SMILES string of the molecule is CNc1nc(C(C)C)nc(N2CCN(CCO)CC2)c1C. The van der Waals surface area contributed by atoms with Gasteiger partial charge >= 0.3 is 0 Å². The lowest BCUT2D eigenvalue weighted by atomic mass is 10.2. The summed E-state index contributed by atoms with van der Waals surface area (Å²) in [7, 11) is 1.91. The van der Waals surface area contributed by atoms with Crippen molar-refractivity contribution in [3.05, 3.63) is 11.4 Å². The third-order valence-corrected chi connectivity index (χ3v) is 3.98. The molecule has 0 aromatic carbocycles. The molecule has 118 valence electrons. The number of aromatic nitrogens is 2. The molecule has 0 spiro atoms. The number of nitrogens with zero attached hydrogens (tertiary/aromatic N) is 4. The van der Waals surface area contributed by atoms with Crippen LogP contribution < -0.4 is 10.2 Å². The smallest absolute Gasteiger partial charge is 0.137 e. The predicted molar refractivity (Wildman–Crippen MR) is 86.1 cm³/mol. The lowest BCUT2D eigenvalue weighted by Gasteiger charge is -2.36. The zero-order valence-electron chi connectivity index (χ0n) is 13.6. The molecule has 2 N–H and O–H groups in total. The monoisotopic (exact) mass is 293 g/mol. The second-order valence-electron chi connectivity index (χ2n) is 5.84. The maximum absolute atomic E-state index is 9.03. The highest BCUT2D eigenvalue weighted by Crippen LogP contribution is 2.26. The van der Waals surface area contributed by atoms with Crippen LogP contribution >= 0.6 is 0 Å². The van der Waals surface area contributed by atoms with E-state index >= 15 is 0 Å². The maximum Gasteiger partial charge on any atom is 0.137 e. The molecule has 0 unspecified atom stereocenters. The normalized spacial score (nSPS) is 16.6. The third kappa shape index (κ3) is 3.63. The van der Waals surface area contributed by atoms with E-state index in [1.807, 2.05) is 7.05 Å². The quantitative estimate of drug-likeness (QED) is 0.846. The van der Waals surface area contributed by atoms with Gasteiger partial charge in [-0.25, -0.2) is 9.97 Å². The molecule has 2 rings (SSSR count). The first-order valence-corrected chi connectivity index (χ1v) is 7.71. The van der Waals surface area contributed by atoms with Crippen LogP contribution in [0.4, 0.5) is 11.6 Å². The molecule has 6 nitrogen and oxygen atoms in total.